The Morgan fingerprint density at radius 2 is 2.23 bits per heavy atom. The molecule has 0 rings (SSSR count). The summed E-state index contributed by atoms with van der Waals surface area (Å²) in [6.07, 6.45) is 2.81. The average molecular weight is 185 g/mol. The summed E-state index contributed by atoms with van der Waals surface area (Å²) in [5.41, 5.74) is 0. The van der Waals surface area contributed by atoms with Gasteiger partial charge in [-0.05, 0) is 12.8 Å². The normalized spacial score (nSPS) is 11.8. The molecule has 13 heavy (non-hydrogen) atoms. The van der Waals surface area contributed by atoms with E-state index in [1.165, 1.54) is 6.08 Å². The summed E-state index contributed by atoms with van der Waals surface area (Å²) in [4.78, 5) is 21.6. The van der Waals surface area contributed by atoms with Gasteiger partial charge in [-0.1, -0.05) is 13.0 Å². The van der Waals surface area contributed by atoms with Gasteiger partial charge in [-0.25, -0.2) is 4.79 Å². The SMILES string of the molecule is C=CCC(NC(=O)CCC)C(=O)O. The molecule has 0 bridgehead atoms. The van der Waals surface area contributed by atoms with E-state index in [1.54, 1.807) is 0 Å². The highest BCUT2D eigenvalue weighted by Crippen LogP contribution is 1.95. The average Bonchev–Trinajstić information content (AvgIpc) is 2.04. The molecule has 0 saturated carbocycles. The second kappa shape index (κ2) is 6.22. The van der Waals surface area contributed by atoms with Crippen LogP contribution in [0.4, 0.5) is 0 Å². The van der Waals surface area contributed by atoms with E-state index in [4.69, 9.17) is 5.11 Å². The Morgan fingerprint density at radius 1 is 1.62 bits per heavy atom. The van der Waals surface area contributed by atoms with E-state index in [9.17, 15) is 9.59 Å². The summed E-state index contributed by atoms with van der Waals surface area (Å²) in [6, 6.07) is -0.837. The molecule has 0 radical (unpaired) electrons. The first kappa shape index (κ1) is 11.7. The third-order valence-corrected chi connectivity index (χ3v) is 1.51. The first-order valence-corrected chi connectivity index (χ1v) is 4.24. The van der Waals surface area contributed by atoms with Crippen LogP contribution < -0.4 is 5.32 Å². The number of carbonyl (C=O) groups excluding carboxylic acids is 1. The number of carboxylic acid groups (broad SMARTS) is 1. The fraction of sp³-hybridized carbons (Fsp3) is 0.556. The Balaban J connectivity index is 4.01. The maximum atomic E-state index is 11.0. The first-order valence-electron chi connectivity index (χ1n) is 4.24. The number of rotatable bonds is 6. The van der Waals surface area contributed by atoms with Crippen LogP contribution in [0.25, 0.3) is 0 Å². The molecule has 4 heteroatoms. The number of amides is 1. The maximum Gasteiger partial charge on any atom is 0.326 e. The molecule has 0 heterocycles. The van der Waals surface area contributed by atoms with Crippen molar-refractivity contribution in [3.05, 3.63) is 12.7 Å². The van der Waals surface area contributed by atoms with Crippen molar-refractivity contribution in [3.8, 4) is 0 Å². The molecule has 0 aliphatic rings. The molecule has 0 fully saturated rings. The molecule has 1 atom stereocenters. The van der Waals surface area contributed by atoms with E-state index in [0.29, 0.717) is 12.8 Å². The van der Waals surface area contributed by atoms with Crippen LogP contribution in [0, 0.1) is 0 Å². The topological polar surface area (TPSA) is 66.4 Å². The zero-order valence-electron chi connectivity index (χ0n) is 7.75. The van der Waals surface area contributed by atoms with Gasteiger partial charge in [-0.2, -0.15) is 0 Å². The van der Waals surface area contributed by atoms with E-state index in [-0.39, 0.29) is 12.3 Å². The van der Waals surface area contributed by atoms with Crippen LogP contribution in [-0.2, 0) is 9.59 Å². The molecule has 0 aromatic carbocycles. The van der Waals surface area contributed by atoms with Gasteiger partial charge in [0.2, 0.25) is 5.91 Å². The summed E-state index contributed by atoms with van der Waals surface area (Å²) >= 11 is 0. The highest BCUT2D eigenvalue weighted by molar-refractivity contribution is 5.83. The Bertz CT molecular complexity index is 201. The van der Waals surface area contributed by atoms with E-state index in [2.05, 4.69) is 11.9 Å². The number of hydrogen-bond acceptors (Lipinski definition) is 2. The van der Waals surface area contributed by atoms with Crippen LogP contribution in [0.2, 0.25) is 0 Å². The highest BCUT2D eigenvalue weighted by atomic mass is 16.4. The Kier molecular flexibility index (Phi) is 5.59. The molecule has 1 unspecified atom stereocenters. The lowest BCUT2D eigenvalue weighted by Gasteiger charge is -2.11. The van der Waals surface area contributed by atoms with E-state index >= 15 is 0 Å². The van der Waals surface area contributed by atoms with Crippen LogP contribution in [0.15, 0.2) is 12.7 Å². The Labute approximate surface area is 77.6 Å². The van der Waals surface area contributed by atoms with Gasteiger partial charge in [0.25, 0.3) is 0 Å². The zero-order chi connectivity index (χ0) is 10.3. The molecule has 0 saturated heterocycles. The first-order chi connectivity index (χ1) is 6.11. The Hall–Kier alpha value is -1.32. The quantitative estimate of drug-likeness (QED) is 0.605. The van der Waals surface area contributed by atoms with Gasteiger partial charge < -0.3 is 10.4 Å². The molecule has 74 valence electrons. The van der Waals surface area contributed by atoms with E-state index in [0.717, 1.165) is 0 Å². The second-order valence-electron chi connectivity index (χ2n) is 2.73. The molecule has 1 amide bonds. The minimum absolute atomic E-state index is 0.225. The van der Waals surface area contributed by atoms with Crippen LogP contribution >= 0.6 is 0 Å². The summed E-state index contributed by atoms with van der Waals surface area (Å²) in [5.74, 6) is -1.25. The van der Waals surface area contributed by atoms with Gasteiger partial charge in [0.15, 0.2) is 0 Å². The predicted molar refractivity (Wildman–Crippen MR) is 49.3 cm³/mol. The maximum absolute atomic E-state index is 11.0. The zero-order valence-corrected chi connectivity index (χ0v) is 7.75. The number of carboxylic acids is 1. The van der Waals surface area contributed by atoms with Crippen molar-refractivity contribution in [3.63, 3.8) is 0 Å². The smallest absolute Gasteiger partial charge is 0.326 e. The van der Waals surface area contributed by atoms with Crippen molar-refractivity contribution in [2.24, 2.45) is 0 Å². The molecule has 4 nitrogen and oxygen atoms in total. The number of carbonyl (C=O) groups is 2. The van der Waals surface area contributed by atoms with Crippen molar-refractivity contribution >= 4 is 11.9 Å². The molecule has 0 aliphatic heterocycles. The molecule has 0 aliphatic carbocycles. The van der Waals surface area contributed by atoms with Gasteiger partial charge in [0.05, 0.1) is 0 Å². The summed E-state index contributed by atoms with van der Waals surface area (Å²) in [6.45, 7) is 5.29. The fourth-order valence-corrected chi connectivity index (χ4v) is 0.882. The van der Waals surface area contributed by atoms with Crippen LogP contribution in [0.5, 0.6) is 0 Å². The monoisotopic (exact) mass is 185 g/mol. The summed E-state index contributed by atoms with van der Waals surface area (Å²) < 4.78 is 0. The lowest BCUT2D eigenvalue weighted by atomic mass is 10.2. The van der Waals surface area contributed by atoms with Crippen molar-refractivity contribution < 1.29 is 14.7 Å². The number of aliphatic carboxylic acids is 1. The van der Waals surface area contributed by atoms with Crippen LogP contribution in [-0.4, -0.2) is 23.0 Å². The van der Waals surface area contributed by atoms with Gasteiger partial charge in [0, 0.05) is 6.42 Å². The molecule has 2 N–H and O–H groups in total. The fourth-order valence-electron chi connectivity index (χ4n) is 0.882. The largest absolute Gasteiger partial charge is 0.480 e. The second-order valence-corrected chi connectivity index (χ2v) is 2.73. The lowest BCUT2D eigenvalue weighted by Crippen LogP contribution is -2.40. The standard InChI is InChI=1S/C9H15NO3/c1-3-5-7(9(12)13)10-8(11)6-4-2/h3,7H,1,4-6H2,2H3,(H,10,11)(H,12,13). The van der Waals surface area contributed by atoms with E-state index in [1.807, 2.05) is 6.92 Å². The van der Waals surface area contributed by atoms with Crippen LogP contribution in [0.3, 0.4) is 0 Å². The molecular formula is C9H15NO3. The van der Waals surface area contributed by atoms with Gasteiger partial charge in [-0.3, -0.25) is 4.79 Å². The third-order valence-electron chi connectivity index (χ3n) is 1.51. The Morgan fingerprint density at radius 3 is 2.62 bits per heavy atom. The predicted octanol–water partition coefficient (Wildman–Crippen LogP) is 0.932. The van der Waals surface area contributed by atoms with Crippen molar-refractivity contribution in [1.82, 2.24) is 5.32 Å². The van der Waals surface area contributed by atoms with Crippen molar-refractivity contribution in [2.75, 3.05) is 0 Å². The van der Waals surface area contributed by atoms with Gasteiger partial charge in [-0.15, -0.1) is 6.58 Å². The highest BCUT2D eigenvalue weighted by Gasteiger charge is 2.17. The van der Waals surface area contributed by atoms with Gasteiger partial charge in [0.1, 0.15) is 6.04 Å². The van der Waals surface area contributed by atoms with Gasteiger partial charge >= 0.3 is 5.97 Å². The summed E-state index contributed by atoms with van der Waals surface area (Å²) in [5, 5.41) is 11.1. The minimum Gasteiger partial charge on any atom is -0.480 e. The lowest BCUT2D eigenvalue weighted by molar-refractivity contribution is -0.141. The third kappa shape index (κ3) is 5.00. The van der Waals surface area contributed by atoms with Crippen molar-refractivity contribution in [2.45, 2.75) is 32.2 Å². The van der Waals surface area contributed by atoms with Crippen LogP contribution in [0.1, 0.15) is 26.2 Å². The molecule has 0 aromatic rings. The van der Waals surface area contributed by atoms with Crippen molar-refractivity contribution in [1.29, 1.82) is 0 Å². The summed E-state index contributed by atoms with van der Waals surface area (Å²) in [7, 11) is 0. The number of nitrogens with one attached hydrogen (secondary N) is 1. The molecule has 0 spiro atoms. The number of hydrogen-bond donors (Lipinski definition) is 2. The molecule has 0 aromatic heterocycles. The minimum atomic E-state index is -1.02. The molecular weight excluding hydrogens is 170 g/mol. The van der Waals surface area contributed by atoms with E-state index < -0.39 is 12.0 Å².